The van der Waals surface area contributed by atoms with E-state index >= 15 is 0 Å². The monoisotopic (exact) mass is 918 g/mol. The smallest absolute Gasteiger partial charge is 0.351 e. The number of aromatic nitrogens is 2. The van der Waals surface area contributed by atoms with Crippen molar-refractivity contribution >= 4 is 41.3 Å². The number of fused-ring (bicyclic) bond motifs is 1. The summed E-state index contributed by atoms with van der Waals surface area (Å²) in [6, 6.07) is 1.12. The van der Waals surface area contributed by atoms with Crippen LogP contribution in [0.15, 0.2) is 41.4 Å². The molecule has 1 aromatic rings. The van der Waals surface area contributed by atoms with Gasteiger partial charge in [-0.25, -0.2) is 4.79 Å². The van der Waals surface area contributed by atoms with E-state index in [1.54, 1.807) is 0 Å². The summed E-state index contributed by atoms with van der Waals surface area (Å²) in [5, 5.41) is 30.1. The van der Waals surface area contributed by atoms with Gasteiger partial charge in [0.2, 0.25) is 18.0 Å². The molecule has 5 N–H and O–H groups in total. The van der Waals surface area contributed by atoms with Crippen molar-refractivity contribution in [2.45, 2.75) is 152 Å². The molecule has 2 aliphatic heterocycles. The molecular weight excluding hydrogens is 855 g/mol. The number of imide groups is 1. The minimum Gasteiger partial charge on any atom is -0.463 e. The molecule has 2 amide bonds. The summed E-state index contributed by atoms with van der Waals surface area (Å²) in [6.45, 7) is 8.08. The number of ether oxygens (including phenoxy) is 3. The molecule has 0 bridgehead atoms. The van der Waals surface area contributed by atoms with Crippen LogP contribution >= 0.6 is 11.8 Å². The van der Waals surface area contributed by atoms with Gasteiger partial charge in [0.1, 0.15) is 24.6 Å². The Kier molecular flexibility index (Phi) is 15.1. The number of carbonyl (C=O) groups is 4. The van der Waals surface area contributed by atoms with Crippen molar-refractivity contribution in [3.8, 4) is 0 Å². The van der Waals surface area contributed by atoms with Gasteiger partial charge in [0.05, 0.1) is 23.2 Å². The maximum absolute atomic E-state index is 14.8. The topological polar surface area (TPSA) is 221 Å². The molecule has 6 aliphatic rings. The highest BCUT2D eigenvalue weighted by Crippen LogP contribution is 2.60. The van der Waals surface area contributed by atoms with E-state index < -0.39 is 77.9 Å². The third-order valence-corrected chi connectivity index (χ3v) is 16.3. The Morgan fingerprint density at radius 1 is 1.09 bits per heavy atom. The van der Waals surface area contributed by atoms with Crippen LogP contribution in [-0.2, 0) is 33.4 Å². The average Bonchev–Trinajstić information content (AvgIpc) is 3.92. The molecule has 4 aliphatic carbocycles. The maximum Gasteiger partial charge on any atom is 0.351 e. The zero-order valence-electron chi connectivity index (χ0n) is 36.7. The van der Waals surface area contributed by atoms with Gasteiger partial charge < -0.3 is 35.3 Å². The van der Waals surface area contributed by atoms with Crippen LogP contribution in [0.25, 0.3) is 0 Å². The number of allylic oxidation sites excluding steroid dienone is 1. The molecule has 1 aromatic heterocycles. The maximum atomic E-state index is 14.8. The predicted molar refractivity (Wildman–Crippen MR) is 231 cm³/mol. The Morgan fingerprint density at radius 2 is 1.86 bits per heavy atom. The molecule has 3 heterocycles. The van der Waals surface area contributed by atoms with E-state index in [4.69, 9.17) is 19.9 Å². The molecule has 64 heavy (non-hydrogen) atoms. The number of aliphatic hydroxyl groups is 3. The van der Waals surface area contributed by atoms with Gasteiger partial charge in [-0.3, -0.25) is 28.6 Å². The molecule has 4 saturated carbocycles. The standard InChI is InChI=1S/C46H64F2N4O11S/c1-25(31-13-14-32-27(6-4-17-45(31,32)3)9-12-29-20-30(53)21-33(54)26(29)2)8-15-34(28-10-11-28)62-40(57)24-64-36-22-38(55)51(42(36)59)18-5-7-39(56)61-23-35-41(58)46(47,48)43(63-35)52-19-16-37(49)50-44(52)60/h8,15-16,19,25,27-36,41,43,53-54,58H,2,4-7,9-14,17-18,20-24H2,1,3H3,(H2,49,50,60)/b15-8+/t25-,27?,29?,30+,31?,32?,33-,34?,35?,36?,41?,43?,45+/m0/s1. The van der Waals surface area contributed by atoms with Crippen molar-refractivity contribution in [2.75, 3.05) is 24.6 Å². The van der Waals surface area contributed by atoms with Crippen molar-refractivity contribution in [1.29, 1.82) is 0 Å². The lowest BCUT2D eigenvalue weighted by atomic mass is 9.58. The van der Waals surface area contributed by atoms with E-state index in [0.717, 1.165) is 66.6 Å². The number of anilines is 1. The first-order valence-electron chi connectivity index (χ1n) is 23.0. The number of nitrogens with zero attached hydrogens (tertiary/aromatic N) is 3. The third kappa shape index (κ3) is 10.6. The fourth-order valence-electron chi connectivity index (χ4n) is 11.4. The van der Waals surface area contributed by atoms with E-state index in [1.165, 1.54) is 25.7 Å². The van der Waals surface area contributed by atoms with Crippen LogP contribution < -0.4 is 11.4 Å². The van der Waals surface area contributed by atoms with Crippen LogP contribution in [0.4, 0.5) is 14.6 Å². The molecule has 15 nitrogen and oxygen atoms in total. The Balaban J connectivity index is 0.825. The fourth-order valence-corrected chi connectivity index (χ4v) is 12.4. The number of rotatable bonds is 18. The molecular formula is C46H64F2N4O11S. The van der Waals surface area contributed by atoms with Gasteiger partial charge in [0.25, 0.3) is 0 Å². The van der Waals surface area contributed by atoms with Crippen LogP contribution in [0.3, 0.4) is 0 Å². The van der Waals surface area contributed by atoms with E-state index in [2.05, 4.69) is 37.6 Å². The number of alkyl halides is 2. The molecule has 0 aromatic carbocycles. The minimum atomic E-state index is -3.92. The minimum absolute atomic E-state index is 0.0264. The Labute approximate surface area is 376 Å². The molecule has 354 valence electrons. The number of hydrogen-bond acceptors (Lipinski definition) is 14. The van der Waals surface area contributed by atoms with Crippen molar-refractivity contribution in [1.82, 2.24) is 14.5 Å². The Bertz CT molecular complexity index is 2000. The Hall–Kier alpha value is -3.71. The zero-order valence-corrected chi connectivity index (χ0v) is 37.6. The van der Waals surface area contributed by atoms with E-state index in [9.17, 15) is 48.1 Å². The number of nitrogen functional groups attached to an aromatic ring is 1. The molecule has 9 unspecified atom stereocenters. The number of nitrogens with two attached hydrogens (primary N) is 1. The van der Waals surface area contributed by atoms with Crippen LogP contribution in [0, 0.1) is 40.9 Å². The van der Waals surface area contributed by atoms with Crippen LogP contribution in [0.5, 0.6) is 0 Å². The normalized spacial score (nSPS) is 34.9. The summed E-state index contributed by atoms with van der Waals surface area (Å²) < 4.78 is 46.3. The van der Waals surface area contributed by atoms with Gasteiger partial charge in [-0.05, 0) is 116 Å². The first kappa shape index (κ1) is 48.2. The number of likely N-dealkylation sites (tertiary alicyclic amines) is 1. The van der Waals surface area contributed by atoms with Crippen molar-refractivity contribution in [3.63, 3.8) is 0 Å². The SMILES string of the molecule is C=C1C(CCC2CCC[C@@]3(C)C2CCC3[C@@H](C)/C=C/C(OC(=O)CSC2CC(=O)N(CCCC(=O)OCC3OC(n4ccc(N)nc4=O)C(F)(F)C3O)C2=O)C2CC2)C[C@@H](O)C[C@@H]1O. The second-order valence-electron chi connectivity index (χ2n) is 19.3. The van der Waals surface area contributed by atoms with Crippen molar-refractivity contribution < 1.29 is 57.5 Å². The molecule has 6 fully saturated rings. The lowest BCUT2D eigenvalue weighted by molar-refractivity contribution is -0.151. The molecule has 7 rings (SSSR count). The highest BCUT2D eigenvalue weighted by molar-refractivity contribution is 8.01. The van der Waals surface area contributed by atoms with E-state index in [1.807, 2.05) is 0 Å². The summed E-state index contributed by atoms with van der Waals surface area (Å²) in [7, 11) is 0. The summed E-state index contributed by atoms with van der Waals surface area (Å²) >= 11 is 1.05. The number of aliphatic hydroxyl groups excluding tert-OH is 3. The lowest BCUT2D eigenvalue weighted by Crippen LogP contribution is -2.42. The molecule has 0 radical (unpaired) electrons. The van der Waals surface area contributed by atoms with Crippen LogP contribution in [0.2, 0.25) is 0 Å². The number of halogens is 2. The van der Waals surface area contributed by atoms with Crippen LogP contribution in [-0.4, -0.2) is 114 Å². The van der Waals surface area contributed by atoms with E-state index in [-0.39, 0.29) is 60.7 Å². The van der Waals surface area contributed by atoms with Crippen molar-refractivity contribution in [2.24, 2.45) is 40.9 Å². The average molecular weight is 919 g/mol. The number of carbonyl (C=O) groups excluding carboxylic acids is 4. The molecule has 13 atom stereocenters. The Morgan fingerprint density at radius 3 is 2.59 bits per heavy atom. The first-order valence-corrected chi connectivity index (χ1v) is 24.0. The van der Waals surface area contributed by atoms with Crippen molar-refractivity contribution in [3.05, 3.63) is 47.1 Å². The van der Waals surface area contributed by atoms with Crippen LogP contribution in [0.1, 0.15) is 110 Å². The highest BCUT2D eigenvalue weighted by Gasteiger charge is 2.60. The quantitative estimate of drug-likeness (QED) is 0.0890. The van der Waals surface area contributed by atoms with Gasteiger partial charge in [0.15, 0.2) is 6.10 Å². The molecule has 0 spiro atoms. The highest BCUT2D eigenvalue weighted by atomic mass is 32.2. The fraction of sp³-hybridized carbons (Fsp3) is 0.739. The number of hydrogen-bond donors (Lipinski definition) is 4. The van der Waals surface area contributed by atoms with Gasteiger partial charge >= 0.3 is 23.6 Å². The summed E-state index contributed by atoms with van der Waals surface area (Å²) in [5.74, 6) is -3.95. The first-order chi connectivity index (χ1) is 30.4. The largest absolute Gasteiger partial charge is 0.463 e. The summed E-state index contributed by atoms with van der Waals surface area (Å²) in [4.78, 5) is 68.1. The van der Waals surface area contributed by atoms with Gasteiger partial charge in [-0.2, -0.15) is 13.8 Å². The lowest BCUT2D eigenvalue weighted by Gasteiger charge is -2.47. The van der Waals surface area contributed by atoms with Gasteiger partial charge in [0, 0.05) is 32.0 Å². The molecule has 18 heteroatoms. The predicted octanol–water partition coefficient (Wildman–Crippen LogP) is 4.72. The van der Waals surface area contributed by atoms with Gasteiger partial charge in [-0.15, -0.1) is 11.8 Å². The number of thioether (sulfide) groups is 1. The van der Waals surface area contributed by atoms with E-state index in [0.29, 0.717) is 41.1 Å². The second kappa shape index (κ2) is 20.0. The third-order valence-electron chi connectivity index (χ3n) is 15.1. The zero-order chi connectivity index (χ0) is 46.1. The molecule has 2 saturated heterocycles. The number of amides is 2. The second-order valence-corrected chi connectivity index (χ2v) is 20.5. The summed E-state index contributed by atoms with van der Waals surface area (Å²) in [6.07, 6.45) is 8.19. The van der Waals surface area contributed by atoms with Gasteiger partial charge in [-0.1, -0.05) is 39.3 Å². The number of esters is 2. The summed E-state index contributed by atoms with van der Waals surface area (Å²) in [5.41, 5.74) is 5.40.